The third kappa shape index (κ3) is 8.90. The molecular formula is C15H34N2OS. The topological polar surface area (TPSA) is 35.5 Å². The molecule has 0 saturated carbocycles. The summed E-state index contributed by atoms with van der Waals surface area (Å²) in [5.74, 6) is 1.84. The zero-order valence-corrected chi connectivity index (χ0v) is 14.0. The summed E-state index contributed by atoms with van der Waals surface area (Å²) in [4.78, 5) is 2.56. The summed E-state index contributed by atoms with van der Waals surface area (Å²) in [5, 5.41) is 12.9. The van der Waals surface area contributed by atoms with E-state index in [1.165, 1.54) is 51.1 Å². The summed E-state index contributed by atoms with van der Waals surface area (Å²) >= 11 is 0. The molecule has 0 spiro atoms. The highest BCUT2D eigenvalue weighted by Gasteiger charge is 2.12. The Labute approximate surface area is 121 Å². The standard InChI is InChI=1S/C15H34N2OS/c1-19(2,3)13-7-15(14-18)6-4-5-10-17-11-8-16-9-12-17/h15-16,18H,4-14H2,1-3H3. The zero-order valence-electron chi connectivity index (χ0n) is 13.2. The van der Waals surface area contributed by atoms with Crippen LogP contribution in [0.15, 0.2) is 0 Å². The zero-order chi connectivity index (χ0) is 14.1. The van der Waals surface area contributed by atoms with Gasteiger partial charge >= 0.3 is 0 Å². The van der Waals surface area contributed by atoms with Crippen LogP contribution >= 0.6 is 10.0 Å². The van der Waals surface area contributed by atoms with Gasteiger partial charge in [-0.25, -0.2) is 10.0 Å². The van der Waals surface area contributed by atoms with E-state index in [1.54, 1.807) is 0 Å². The predicted octanol–water partition coefficient (Wildman–Crippen LogP) is 1.75. The van der Waals surface area contributed by atoms with Gasteiger partial charge in [0.25, 0.3) is 0 Å². The van der Waals surface area contributed by atoms with Crippen LogP contribution in [0.4, 0.5) is 0 Å². The second kappa shape index (κ2) is 9.22. The third-order valence-corrected chi connectivity index (χ3v) is 5.40. The van der Waals surface area contributed by atoms with E-state index in [1.807, 2.05) is 0 Å². The number of piperazine rings is 1. The van der Waals surface area contributed by atoms with Crippen molar-refractivity contribution >= 4 is 10.0 Å². The van der Waals surface area contributed by atoms with E-state index in [-0.39, 0.29) is 0 Å². The molecule has 19 heavy (non-hydrogen) atoms. The van der Waals surface area contributed by atoms with Crippen molar-refractivity contribution in [1.82, 2.24) is 10.2 Å². The van der Waals surface area contributed by atoms with Gasteiger partial charge in [0.05, 0.1) is 0 Å². The van der Waals surface area contributed by atoms with Crippen LogP contribution in [0.2, 0.25) is 0 Å². The van der Waals surface area contributed by atoms with Crippen molar-refractivity contribution in [2.24, 2.45) is 5.92 Å². The molecule has 1 rings (SSSR count). The van der Waals surface area contributed by atoms with Crippen LogP contribution in [0.5, 0.6) is 0 Å². The van der Waals surface area contributed by atoms with Gasteiger partial charge in [-0.15, -0.1) is 0 Å². The highest BCUT2D eigenvalue weighted by atomic mass is 32.3. The maximum Gasteiger partial charge on any atom is 0.0459 e. The van der Waals surface area contributed by atoms with Gasteiger partial charge in [-0.05, 0) is 56.2 Å². The van der Waals surface area contributed by atoms with Gasteiger partial charge in [0.2, 0.25) is 0 Å². The lowest BCUT2D eigenvalue weighted by Gasteiger charge is -2.28. The van der Waals surface area contributed by atoms with Crippen LogP contribution in [0.25, 0.3) is 0 Å². The Morgan fingerprint density at radius 1 is 1.11 bits per heavy atom. The molecule has 0 aliphatic carbocycles. The number of hydrogen-bond acceptors (Lipinski definition) is 3. The van der Waals surface area contributed by atoms with Crippen molar-refractivity contribution in [2.45, 2.75) is 25.7 Å². The molecule has 1 aliphatic heterocycles. The largest absolute Gasteiger partial charge is 0.396 e. The number of aliphatic hydroxyl groups is 1. The molecule has 0 radical (unpaired) electrons. The Morgan fingerprint density at radius 3 is 2.37 bits per heavy atom. The normalized spacial score (nSPS) is 20.4. The van der Waals surface area contributed by atoms with E-state index in [2.05, 4.69) is 29.0 Å². The molecule has 4 heteroatoms. The molecule has 0 amide bonds. The fourth-order valence-electron chi connectivity index (χ4n) is 2.55. The van der Waals surface area contributed by atoms with E-state index in [0.717, 1.165) is 13.1 Å². The van der Waals surface area contributed by atoms with Crippen molar-refractivity contribution < 1.29 is 5.11 Å². The molecule has 116 valence electrons. The highest BCUT2D eigenvalue weighted by molar-refractivity contribution is 8.32. The molecular weight excluding hydrogens is 256 g/mol. The van der Waals surface area contributed by atoms with Crippen LogP contribution in [-0.4, -0.2) is 73.9 Å². The van der Waals surface area contributed by atoms with E-state index >= 15 is 0 Å². The molecule has 1 heterocycles. The summed E-state index contributed by atoms with van der Waals surface area (Å²) < 4.78 is 0. The monoisotopic (exact) mass is 290 g/mol. The lowest BCUT2D eigenvalue weighted by Crippen LogP contribution is -2.43. The fourth-order valence-corrected chi connectivity index (χ4v) is 3.59. The van der Waals surface area contributed by atoms with Crippen molar-refractivity contribution in [1.29, 1.82) is 0 Å². The first kappa shape index (κ1) is 17.3. The molecule has 1 atom stereocenters. The van der Waals surface area contributed by atoms with Gasteiger partial charge in [-0.3, -0.25) is 0 Å². The molecule has 0 bridgehead atoms. The summed E-state index contributed by atoms with van der Waals surface area (Å²) in [6.07, 6.45) is 12.1. The van der Waals surface area contributed by atoms with Crippen molar-refractivity contribution in [3.63, 3.8) is 0 Å². The maximum atomic E-state index is 9.46. The van der Waals surface area contributed by atoms with E-state index in [9.17, 15) is 5.11 Å². The number of nitrogens with one attached hydrogen (secondary N) is 1. The summed E-state index contributed by atoms with van der Waals surface area (Å²) in [5.41, 5.74) is 0. The fraction of sp³-hybridized carbons (Fsp3) is 1.00. The minimum absolute atomic E-state index is 0.378. The molecule has 1 aliphatic rings. The Kier molecular flexibility index (Phi) is 8.38. The number of aliphatic hydroxyl groups excluding tert-OH is 1. The van der Waals surface area contributed by atoms with E-state index in [0.29, 0.717) is 12.5 Å². The lowest BCUT2D eigenvalue weighted by molar-refractivity contribution is 0.204. The van der Waals surface area contributed by atoms with Crippen molar-refractivity contribution in [3.05, 3.63) is 0 Å². The molecule has 1 fully saturated rings. The van der Waals surface area contributed by atoms with Crippen LogP contribution in [0.1, 0.15) is 25.7 Å². The molecule has 0 aromatic heterocycles. The SMILES string of the molecule is CS(C)(C)CCC(CO)CCCCN1CCNCC1. The Hall–Kier alpha value is 0.230. The molecule has 0 aromatic rings. The second-order valence-corrected chi connectivity index (χ2v) is 11.3. The summed E-state index contributed by atoms with van der Waals surface area (Å²) in [7, 11) is -0.403. The quantitative estimate of drug-likeness (QED) is 0.635. The number of rotatable bonds is 9. The number of nitrogens with zero attached hydrogens (tertiary/aromatic N) is 1. The Balaban J connectivity index is 2.05. The molecule has 1 saturated heterocycles. The van der Waals surface area contributed by atoms with Gasteiger partial charge in [-0.2, -0.15) is 0 Å². The van der Waals surface area contributed by atoms with Crippen molar-refractivity contribution in [2.75, 3.05) is 63.9 Å². The molecule has 1 unspecified atom stereocenters. The second-order valence-electron chi connectivity index (χ2n) is 6.72. The first-order chi connectivity index (χ1) is 9.01. The van der Waals surface area contributed by atoms with Gasteiger partial charge in [0.15, 0.2) is 0 Å². The van der Waals surface area contributed by atoms with Crippen LogP contribution < -0.4 is 5.32 Å². The van der Waals surface area contributed by atoms with Crippen LogP contribution in [0, 0.1) is 5.92 Å². The minimum atomic E-state index is -0.403. The number of unbranched alkanes of at least 4 members (excludes halogenated alkanes) is 1. The first-order valence-corrected chi connectivity index (χ1v) is 10.7. The average Bonchev–Trinajstić information content (AvgIpc) is 2.38. The molecule has 3 nitrogen and oxygen atoms in total. The summed E-state index contributed by atoms with van der Waals surface area (Å²) in [6, 6.07) is 0. The Morgan fingerprint density at radius 2 is 1.79 bits per heavy atom. The van der Waals surface area contributed by atoms with Crippen LogP contribution in [-0.2, 0) is 0 Å². The minimum Gasteiger partial charge on any atom is -0.396 e. The van der Waals surface area contributed by atoms with E-state index < -0.39 is 10.0 Å². The first-order valence-electron chi connectivity index (χ1n) is 7.71. The predicted molar refractivity (Wildman–Crippen MR) is 88.6 cm³/mol. The molecule has 2 N–H and O–H groups in total. The highest BCUT2D eigenvalue weighted by Crippen LogP contribution is 2.36. The molecule has 0 aromatic carbocycles. The van der Waals surface area contributed by atoms with Gasteiger partial charge in [0, 0.05) is 32.8 Å². The summed E-state index contributed by atoms with van der Waals surface area (Å²) in [6.45, 7) is 6.32. The van der Waals surface area contributed by atoms with Gasteiger partial charge in [-0.1, -0.05) is 6.42 Å². The third-order valence-electron chi connectivity index (χ3n) is 3.94. The Bertz CT molecular complexity index is 225. The van der Waals surface area contributed by atoms with Crippen molar-refractivity contribution in [3.8, 4) is 0 Å². The van der Waals surface area contributed by atoms with Gasteiger partial charge < -0.3 is 15.3 Å². The number of hydrogen-bond donors (Lipinski definition) is 2. The van der Waals surface area contributed by atoms with E-state index in [4.69, 9.17) is 0 Å². The van der Waals surface area contributed by atoms with Gasteiger partial charge in [0.1, 0.15) is 0 Å². The maximum absolute atomic E-state index is 9.46. The smallest absolute Gasteiger partial charge is 0.0459 e. The lowest BCUT2D eigenvalue weighted by atomic mass is 10.00. The van der Waals surface area contributed by atoms with Crippen LogP contribution in [0.3, 0.4) is 0 Å². The average molecular weight is 291 g/mol.